The second kappa shape index (κ2) is 11.9. The lowest BCUT2D eigenvalue weighted by Crippen LogP contribution is -2.30. The van der Waals surface area contributed by atoms with Crippen LogP contribution < -0.4 is 21.3 Å². The Balaban J connectivity index is 0.000000191. The van der Waals surface area contributed by atoms with Gasteiger partial charge in [-0.2, -0.15) is 10.2 Å². The van der Waals surface area contributed by atoms with Gasteiger partial charge in [0, 0.05) is 35.6 Å². The summed E-state index contributed by atoms with van der Waals surface area (Å²) < 4.78 is 6.55. The highest BCUT2D eigenvalue weighted by molar-refractivity contribution is 5.85. The number of carbonyl (C=O) groups excluding carboxylic acids is 1. The summed E-state index contributed by atoms with van der Waals surface area (Å²) in [6.07, 6.45) is 1.20. The zero-order valence-corrected chi connectivity index (χ0v) is 23.9. The van der Waals surface area contributed by atoms with Crippen molar-refractivity contribution in [2.24, 2.45) is 0 Å². The van der Waals surface area contributed by atoms with Crippen LogP contribution >= 0.6 is 12.4 Å². The molecule has 0 radical (unpaired) electrons. The van der Waals surface area contributed by atoms with Gasteiger partial charge < -0.3 is 26.0 Å². The second-order valence-electron chi connectivity index (χ2n) is 10.8. The minimum atomic E-state index is -0.577. The number of rotatable bonds is 2. The van der Waals surface area contributed by atoms with E-state index in [0.29, 0.717) is 18.2 Å². The lowest BCUT2D eigenvalue weighted by atomic mass is 10.1. The van der Waals surface area contributed by atoms with Gasteiger partial charge in [0.1, 0.15) is 17.2 Å². The van der Waals surface area contributed by atoms with Crippen molar-refractivity contribution in [1.82, 2.24) is 20.0 Å². The van der Waals surface area contributed by atoms with Crippen molar-refractivity contribution in [3.8, 4) is 0 Å². The molecule has 4 heterocycles. The molecule has 40 heavy (non-hydrogen) atoms. The minimum Gasteiger partial charge on any atom is -0.442 e. The van der Waals surface area contributed by atoms with Gasteiger partial charge in [0.05, 0.1) is 24.5 Å². The van der Waals surface area contributed by atoms with E-state index in [9.17, 15) is 4.79 Å². The fraction of sp³-hybridized carbons (Fsp3) is 0.345. The number of nitrogens with zero attached hydrogens (tertiary/aromatic N) is 5. The van der Waals surface area contributed by atoms with E-state index < -0.39 is 11.7 Å². The molecule has 2 aromatic heterocycles. The first-order chi connectivity index (χ1) is 18.7. The Morgan fingerprint density at radius 1 is 0.875 bits per heavy atom. The highest BCUT2D eigenvalue weighted by Crippen LogP contribution is 2.28. The van der Waals surface area contributed by atoms with Gasteiger partial charge in [-0.25, -0.2) is 4.79 Å². The SMILES string of the molecule is CC(C)(C)OC(=O)n1nc2c(c1N)CCN(c1ccccc1)C2.Cl.Nc1n[nH]c2c1CCN(c1ccccc1)C2. The molecule has 5 N–H and O–H groups in total. The molecule has 0 saturated heterocycles. The molecule has 2 aromatic carbocycles. The molecule has 0 saturated carbocycles. The van der Waals surface area contributed by atoms with Crippen LogP contribution in [0.25, 0.3) is 0 Å². The Kier molecular flexibility index (Phi) is 8.58. The number of nitrogens with two attached hydrogens (primary N) is 2. The van der Waals surface area contributed by atoms with Crippen molar-refractivity contribution >= 4 is 41.5 Å². The van der Waals surface area contributed by atoms with Crippen molar-refractivity contribution in [3.63, 3.8) is 0 Å². The van der Waals surface area contributed by atoms with E-state index in [4.69, 9.17) is 16.2 Å². The number of para-hydroxylation sites is 2. The summed E-state index contributed by atoms with van der Waals surface area (Å²) in [6.45, 7) is 8.82. The number of nitrogen functional groups attached to an aromatic ring is 2. The maximum Gasteiger partial charge on any atom is 0.437 e. The van der Waals surface area contributed by atoms with Gasteiger partial charge in [-0.3, -0.25) is 5.10 Å². The smallest absolute Gasteiger partial charge is 0.437 e. The third-order valence-electron chi connectivity index (χ3n) is 6.85. The number of hydrogen-bond donors (Lipinski definition) is 3. The predicted molar refractivity (Wildman–Crippen MR) is 161 cm³/mol. The highest BCUT2D eigenvalue weighted by Gasteiger charge is 2.28. The largest absolute Gasteiger partial charge is 0.442 e. The average Bonchev–Trinajstić information content (AvgIpc) is 3.48. The number of halogens is 1. The van der Waals surface area contributed by atoms with E-state index in [1.807, 2.05) is 45.0 Å². The first-order valence-electron chi connectivity index (χ1n) is 13.2. The lowest BCUT2D eigenvalue weighted by molar-refractivity contribution is 0.0518. The summed E-state index contributed by atoms with van der Waals surface area (Å²) in [7, 11) is 0. The molecule has 0 aliphatic carbocycles. The van der Waals surface area contributed by atoms with E-state index in [1.54, 1.807) is 0 Å². The van der Waals surface area contributed by atoms with E-state index in [-0.39, 0.29) is 12.4 Å². The van der Waals surface area contributed by atoms with Crippen LogP contribution in [0.3, 0.4) is 0 Å². The summed E-state index contributed by atoms with van der Waals surface area (Å²) in [5.74, 6) is 1.05. The molecule has 0 fully saturated rings. The molecule has 2 aliphatic heterocycles. The standard InChI is InChI=1S/C17H22N4O2.C12H14N4.ClH/c1-17(2,3)23-16(22)21-15(18)13-9-10-20(11-14(13)19-21)12-7-5-4-6-8-12;13-12-10-6-7-16(8-11(10)14-15-12)9-4-2-1-3-5-9;/h4-8H,9-11,18H2,1-3H3;1-5H,6-8H2,(H3,13,14,15);1H. The maximum absolute atomic E-state index is 12.2. The normalized spacial score (nSPS) is 14.3. The molecule has 11 heteroatoms. The molecule has 0 bridgehead atoms. The van der Waals surface area contributed by atoms with E-state index in [0.717, 1.165) is 55.1 Å². The van der Waals surface area contributed by atoms with Gasteiger partial charge in [-0.1, -0.05) is 36.4 Å². The monoisotopic (exact) mass is 564 g/mol. The van der Waals surface area contributed by atoms with Crippen molar-refractivity contribution in [1.29, 1.82) is 0 Å². The van der Waals surface area contributed by atoms with Gasteiger partial charge in [0.15, 0.2) is 0 Å². The summed E-state index contributed by atoms with van der Waals surface area (Å²) in [6, 6.07) is 20.6. The van der Waals surface area contributed by atoms with Crippen molar-refractivity contribution < 1.29 is 9.53 Å². The first-order valence-corrected chi connectivity index (χ1v) is 13.2. The Morgan fingerprint density at radius 2 is 1.43 bits per heavy atom. The molecule has 2 aliphatic rings. The number of nitrogens with one attached hydrogen (secondary N) is 1. The zero-order chi connectivity index (χ0) is 27.6. The maximum atomic E-state index is 12.2. The van der Waals surface area contributed by atoms with E-state index in [2.05, 4.69) is 61.5 Å². The van der Waals surface area contributed by atoms with Gasteiger partial charge in [-0.05, 0) is 57.9 Å². The molecule has 10 nitrogen and oxygen atoms in total. The first kappa shape index (κ1) is 28.8. The third kappa shape index (κ3) is 6.34. The van der Waals surface area contributed by atoms with Crippen LogP contribution in [0, 0.1) is 0 Å². The minimum absolute atomic E-state index is 0. The number of carbonyl (C=O) groups is 1. The number of anilines is 4. The molecule has 0 unspecified atom stereocenters. The van der Waals surface area contributed by atoms with Gasteiger partial charge >= 0.3 is 6.09 Å². The van der Waals surface area contributed by atoms with Gasteiger partial charge in [0.25, 0.3) is 0 Å². The highest BCUT2D eigenvalue weighted by atomic mass is 35.5. The van der Waals surface area contributed by atoms with Crippen LogP contribution in [0.4, 0.5) is 27.8 Å². The van der Waals surface area contributed by atoms with Crippen LogP contribution in [0.2, 0.25) is 0 Å². The summed E-state index contributed by atoms with van der Waals surface area (Å²) in [4.78, 5) is 16.8. The summed E-state index contributed by atoms with van der Waals surface area (Å²) in [5.41, 5.74) is 17.8. The summed E-state index contributed by atoms with van der Waals surface area (Å²) >= 11 is 0. The molecule has 0 atom stereocenters. The molecular formula is C29H37ClN8O2. The predicted octanol–water partition coefficient (Wildman–Crippen LogP) is 4.79. The number of hydrogen-bond acceptors (Lipinski definition) is 8. The number of aromatic amines is 1. The molecule has 6 rings (SSSR count). The van der Waals surface area contributed by atoms with Crippen LogP contribution in [-0.4, -0.2) is 44.8 Å². The van der Waals surface area contributed by atoms with Crippen LogP contribution in [0.1, 0.15) is 43.3 Å². The quantitative estimate of drug-likeness (QED) is 0.317. The van der Waals surface area contributed by atoms with Gasteiger partial charge in [0.2, 0.25) is 0 Å². The Labute approximate surface area is 240 Å². The fourth-order valence-corrected chi connectivity index (χ4v) is 4.92. The van der Waals surface area contributed by atoms with Crippen LogP contribution in [0.15, 0.2) is 60.7 Å². The van der Waals surface area contributed by atoms with Gasteiger partial charge in [-0.15, -0.1) is 17.1 Å². The Hall–Kier alpha value is -4.18. The lowest BCUT2D eigenvalue weighted by Gasteiger charge is -2.28. The third-order valence-corrected chi connectivity index (χ3v) is 6.85. The average molecular weight is 565 g/mol. The summed E-state index contributed by atoms with van der Waals surface area (Å²) in [5, 5.41) is 11.4. The van der Waals surface area contributed by atoms with Crippen molar-refractivity contribution in [2.45, 2.75) is 52.3 Å². The van der Waals surface area contributed by atoms with Crippen molar-refractivity contribution in [2.75, 3.05) is 34.4 Å². The molecule has 0 amide bonds. The zero-order valence-electron chi connectivity index (χ0n) is 23.1. The molecule has 212 valence electrons. The number of aromatic nitrogens is 4. The number of fused-ring (bicyclic) bond motifs is 2. The number of ether oxygens (including phenoxy) is 1. The Morgan fingerprint density at radius 3 is 2.00 bits per heavy atom. The molecule has 0 spiro atoms. The van der Waals surface area contributed by atoms with Crippen molar-refractivity contribution in [3.05, 3.63) is 83.2 Å². The molecular weight excluding hydrogens is 528 g/mol. The van der Waals surface area contributed by atoms with Crippen LogP contribution in [-0.2, 0) is 30.7 Å². The Bertz CT molecular complexity index is 1430. The number of H-pyrrole nitrogens is 1. The second-order valence-corrected chi connectivity index (χ2v) is 10.8. The topological polar surface area (TPSA) is 131 Å². The number of benzene rings is 2. The fourth-order valence-electron chi connectivity index (χ4n) is 4.92. The van der Waals surface area contributed by atoms with Crippen LogP contribution in [0.5, 0.6) is 0 Å². The van der Waals surface area contributed by atoms with E-state index >= 15 is 0 Å². The van der Waals surface area contributed by atoms with E-state index in [1.165, 1.54) is 15.9 Å². The molecule has 4 aromatic rings.